The molecule has 5 heteroatoms. The number of nitrogens with zero attached hydrogens (tertiary/aromatic N) is 3. The van der Waals surface area contributed by atoms with Crippen molar-refractivity contribution in [3.05, 3.63) is 65.5 Å². The first-order valence-electron chi connectivity index (χ1n) is 9.29. The molecule has 1 aliphatic heterocycles. The number of rotatable bonds is 5. The van der Waals surface area contributed by atoms with Gasteiger partial charge in [-0.25, -0.2) is 4.79 Å². The molecule has 1 aliphatic rings. The Morgan fingerprint density at radius 3 is 2.73 bits per heavy atom. The van der Waals surface area contributed by atoms with Crippen molar-refractivity contribution < 1.29 is 4.79 Å². The zero-order chi connectivity index (χ0) is 18.4. The van der Waals surface area contributed by atoms with E-state index in [1.807, 2.05) is 25.2 Å². The summed E-state index contributed by atoms with van der Waals surface area (Å²) >= 11 is 0. The van der Waals surface area contributed by atoms with E-state index in [-0.39, 0.29) is 12.1 Å². The van der Waals surface area contributed by atoms with E-state index in [2.05, 4.69) is 46.4 Å². The molecule has 3 rings (SSSR count). The highest BCUT2D eigenvalue weighted by Crippen LogP contribution is 2.15. The van der Waals surface area contributed by atoms with Crippen LogP contribution in [0.25, 0.3) is 0 Å². The number of hydrogen-bond donors (Lipinski definition) is 1. The number of likely N-dealkylation sites (tertiary alicyclic amines) is 1. The summed E-state index contributed by atoms with van der Waals surface area (Å²) in [6, 6.07) is 14.7. The smallest absolute Gasteiger partial charge is 0.317 e. The molecule has 138 valence electrons. The number of carbonyl (C=O) groups is 1. The highest BCUT2D eigenvalue weighted by Gasteiger charge is 2.22. The summed E-state index contributed by atoms with van der Waals surface area (Å²) in [5, 5.41) is 3.16. The quantitative estimate of drug-likeness (QED) is 0.899. The summed E-state index contributed by atoms with van der Waals surface area (Å²) in [6.45, 7) is 5.68. The zero-order valence-electron chi connectivity index (χ0n) is 15.7. The van der Waals surface area contributed by atoms with Crippen molar-refractivity contribution in [3.63, 3.8) is 0 Å². The molecular weight excluding hydrogens is 324 g/mol. The summed E-state index contributed by atoms with van der Waals surface area (Å²) < 4.78 is 0. The highest BCUT2D eigenvalue weighted by atomic mass is 16.2. The summed E-state index contributed by atoms with van der Waals surface area (Å²) in [7, 11) is 1.82. The van der Waals surface area contributed by atoms with Crippen molar-refractivity contribution in [1.29, 1.82) is 0 Å². The predicted molar refractivity (Wildman–Crippen MR) is 104 cm³/mol. The van der Waals surface area contributed by atoms with Crippen LogP contribution in [0, 0.1) is 6.92 Å². The molecule has 2 heterocycles. The maximum Gasteiger partial charge on any atom is 0.317 e. The van der Waals surface area contributed by atoms with Crippen LogP contribution in [0.4, 0.5) is 4.79 Å². The molecule has 1 N–H and O–H groups in total. The van der Waals surface area contributed by atoms with Gasteiger partial charge in [-0.3, -0.25) is 9.88 Å². The van der Waals surface area contributed by atoms with Gasteiger partial charge in [0.15, 0.2) is 0 Å². The van der Waals surface area contributed by atoms with E-state index in [0.29, 0.717) is 6.54 Å². The van der Waals surface area contributed by atoms with Gasteiger partial charge in [0, 0.05) is 38.9 Å². The van der Waals surface area contributed by atoms with E-state index in [1.54, 1.807) is 11.1 Å². The first-order valence-corrected chi connectivity index (χ1v) is 9.29. The van der Waals surface area contributed by atoms with E-state index in [0.717, 1.165) is 38.2 Å². The molecule has 0 atom stereocenters. The van der Waals surface area contributed by atoms with Crippen molar-refractivity contribution >= 4 is 6.03 Å². The van der Waals surface area contributed by atoms with Crippen LogP contribution in [0.15, 0.2) is 48.7 Å². The Morgan fingerprint density at radius 1 is 1.23 bits per heavy atom. The second-order valence-corrected chi connectivity index (χ2v) is 7.17. The first-order chi connectivity index (χ1) is 12.6. The molecular formula is C21H28N4O. The molecule has 0 unspecified atom stereocenters. The van der Waals surface area contributed by atoms with Gasteiger partial charge < -0.3 is 10.2 Å². The van der Waals surface area contributed by atoms with Gasteiger partial charge in [0.25, 0.3) is 0 Å². The average molecular weight is 352 g/mol. The molecule has 0 aliphatic carbocycles. The van der Waals surface area contributed by atoms with E-state index in [1.165, 1.54) is 11.1 Å². The van der Waals surface area contributed by atoms with Crippen molar-refractivity contribution in [2.75, 3.05) is 20.1 Å². The molecule has 0 spiro atoms. The van der Waals surface area contributed by atoms with Crippen molar-refractivity contribution in [3.8, 4) is 0 Å². The largest absolute Gasteiger partial charge is 0.335 e. The summed E-state index contributed by atoms with van der Waals surface area (Å²) in [6.07, 6.45) is 3.75. The monoisotopic (exact) mass is 352 g/mol. The molecule has 0 saturated carbocycles. The number of carbonyl (C=O) groups excluding carboxylic acids is 1. The maximum absolute atomic E-state index is 12.4. The van der Waals surface area contributed by atoms with Gasteiger partial charge in [-0.05, 0) is 37.5 Å². The lowest BCUT2D eigenvalue weighted by atomic mass is 10.0. The predicted octanol–water partition coefficient (Wildman–Crippen LogP) is 3.20. The lowest BCUT2D eigenvalue weighted by Gasteiger charge is -2.33. The van der Waals surface area contributed by atoms with Gasteiger partial charge in [0.2, 0.25) is 0 Å². The molecule has 2 aromatic rings. The SMILES string of the molecule is Cc1cccc(CN2CCC(NC(=O)N(C)Cc3ccccn3)CC2)c1. The average Bonchev–Trinajstić information content (AvgIpc) is 2.64. The summed E-state index contributed by atoms with van der Waals surface area (Å²) in [4.78, 5) is 20.8. The van der Waals surface area contributed by atoms with Gasteiger partial charge >= 0.3 is 6.03 Å². The van der Waals surface area contributed by atoms with Crippen LogP contribution in [-0.4, -0.2) is 47.0 Å². The van der Waals surface area contributed by atoms with Gasteiger partial charge in [-0.1, -0.05) is 35.9 Å². The third-order valence-electron chi connectivity index (χ3n) is 4.88. The van der Waals surface area contributed by atoms with Crippen LogP contribution >= 0.6 is 0 Å². The number of amides is 2. The van der Waals surface area contributed by atoms with Crippen molar-refractivity contribution in [2.24, 2.45) is 0 Å². The lowest BCUT2D eigenvalue weighted by molar-refractivity contribution is 0.173. The van der Waals surface area contributed by atoms with Gasteiger partial charge in [0.1, 0.15) is 0 Å². The Bertz CT molecular complexity index is 711. The van der Waals surface area contributed by atoms with E-state index in [4.69, 9.17) is 0 Å². The molecule has 2 amide bonds. The third-order valence-corrected chi connectivity index (χ3v) is 4.88. The van der Waals surface area contributed by atoms with Gasteiger partial charge in [-0.2, -0.15) is 0 Å². The number of aromatic nitrogens is 1. The Labute approximate surface area is 156 Å². The van der Waals surface area contributed by atoms with Crippen LogP contribution in [0.3, 0.4) is 0 Å². The lowest BCUT2D eigenvalue weighted by Crippen LogP contribution is -2.48. The maximum atomic E-state index is 12.4. The second-order valence-electron chi connectivity index (χ2n) is 7.17. The van der Waals surface area contributed by atoms with E-state index >= 15 is 0 Å². The molecule has 1 aromatic carbocycles. The third kappa shape index (κ3) is 5.30. The molecule has 1 aromatic heterocycles. The molecule has 5 nitrogen and oxygen atoms in total. The molecule has 0 radical (unpaired) electrons. The molecule has 1 fully saturated rings. The summed E-state index contributed by atoms with van der Waals surface area (Å²) in [5.74, 6) is 0. The molecule has 1 saturated heterocycles. The topological polar surface area (TPSA) is 48.5 Å². The van der Waals surface area contributed by atoms with Gasteiger partial charge in [0.05, 0.1) is 12.2 Å². The Hall–Kier alpha value is -2.40. The van der Waals surface area contributed by atoms with Crippen LogP contribution in [0.1, 0.15) is 29.7 Å². The van der Waals surface area contributed by atoms with Crippen molar-refractivity contribution in [1.82, 2.24) is 20.1 Å². The van der Waals surface area contributed by atoms with Crippen LogP contribution < -0.4 is 5.32 Å². The Morgan fingerprint density at radius 2 is 2.04 bits per heavy atom. The number of benzene rings is 1. The van der Waals surface area contributed by atoms with E-state index < -0.39 is 0 Å². The number of aryl methyl sites for hydroxylation is 1. The fraction of sp³-hybridized carbons (Fsp3) is 0.429. The Kier molecular flexibility index (Phi) is 6.23. The molecule has 26 heavy (non-hydrogen) atoms. The Balaban J connectivity index is 1.42. The van der Waals surface area contributed by atoms with Gasteiger partial charge in [-0.15, -0.1) is 0 Å². The number of urea groups is 1. The zero-order valence-corrected chi connectivity index (χ0v) is 15.7. The fourth-order valence-corrected chi connectivity index (χ4v) is 3.40. The van der Waals surface area contributed by atoms with Crippen molar-refractivity contribution in [2.45, 2.75) is 38.9 Å². The van der Waals surface area contributed by atoms with Crippen LogP contribution in [0.2, 0.25) is 0 Å². The number of hydrogen-bond acceptors (Lipinski definition) is 3. The minimum atomic E-state index is -0.0206. The number of pyridine rings is 1. The minimum Gasteiger partial charge on any atom is -0.335 e. The highest BCUT2D eigenvalue weighted by molar-refractivity contribution is 5.74. The van der Waals surface area contributed by atoms with Crippen LogP contribution in [-0.2, 0) is 13.1 Å². The molecule has 0 bridgehead atoms. The van der Waals surface area contributed by atoms with E-state index in [9.17, 15) is 4.79 Å². The first kappa shape index (κ1) is 18.4. The standard InChI is InChI=1S/C21H28N4O/c1-17-6-5-7-18(14-17)15-25-12-9-19(10-13-25)23-21(26)24(2)16-20-8-3-4-11-22-20/h3-8,11,14,19H,9-10,12-13,15-16H2,1-2H3,(H,23,26). The minimum absolute atomic E-state index is 0.0206. The number of piperidine rings is 1. The van der Waals surface area contributed by atoms with Crippen LogP contribution in [0.5, 0.6) is 0 Å². The second kappa shape index (κ2) is 8.81. The fourth-order valence-electron chi connectivity index (χ4n) is 3.40. The number of nitrogens with one attached hydrogen (secondary N) is 1. The summed E-state index contributed by atoms with van der Waals surface area (Å²) in [5.41, 5.74) is 3.57. The normalized spacial score (nSPS) is 15.6.